The monoisotopic (exact) mass is 247 g/mol. The number of anilines is 2. The van der Waals surface area contributed by atoms with Gasteiger partial charge < -0.3 is 16.0 Å². The molecule has 1 amide bonds. The third-order valence-corrected chi connectivity index (χ3v) is 3.29. The molecule has 0 saturated carbocycles. The van der Waals surface area contributed by atoms with Crippen molar-refractivity contribution in [1.82, 2.24) is 0 Å². The molecule has 4 heteroatoms. The molecule has 18 heavy (non-hydrogen) atoms. The van der Waals surface area contributed by atoms with E-state index in [0.29, 0.717) is 13.0 Å². The van der Waals surface area contributed by atoms with Gasteiger partial charge in [-0.2, -0.15) is 0 Å². The van der Waals surface area contributed by atoms with Crippen LogP contribution in [0.5, 0.6) is 0 Å². The van der Waals surface area contributed by atoms with Crippen LogP contribution >= 0.6 is 0 Å². The molecule has 0 spiro atoms. The van der Waals surface area contributed by atoms with Crippen molar-refractivity contribution in [2.45, 2.75) is 25.7 Å². The van der Waals surface area contributed by atoms with E-state index in [2.05, 4.69) is 34.5 Å². The number of nitrogens with one attached hydrogen (secondary N) is 1. The Balaban J connectivity index is 1.86. The zero-order valence-corrected chi connectivity index (χ0v) is 10.7. The van der Waals surface area contributed by atoms with Crippen LogP contribution in [0.25, 0.3) is 0 Å². The van der Waals surface area contributed by atoms with Gasteiger partial charge in [0.2, 0.25) is 5.91 Å². The first-order valence-corrected chi connectivity index (χ1v) is 6.63. The molecule has 0 atom stereocenters. The normalized spacial score (nSPS) is 15.4. The molecular formula is C14H21N3O. The van der Waals surface area contributed by atoms with Crippen molar-refractivity contribution in [2.24, 2.45) is 5.73 Å². The van der Waals surface area contributed by atoms with Gasteiger partial charge in [0.1, 0.15) is 0 Å². The molecule has 1 aromatic carbocycles. The van der Waals surface area contributed by atoms with Crippen LogP contribution in [0.2, 0.25) is 0 Å². The Bertz CT molecular complexity index is 383. The van der Waals surface area contributed by atoms with E-state index in [1.54, 1.807) is 0 Å². The molecule has 4 nitrogen and oxygen atoms in total. The van der Waals surface area contributed by atoms with Gasteiger partial charge >= 0.3 is 0 Å². The Labute approximate surface area is 108 Å². The van der Waals surface area contributed by atoms with Crippen LogP contribution in [0, 0.1) is 0 Å². The Morgan fingerprint density at radius 3 is 2.44 bits per heavy atom. The summed E-state index contributed by atoms with van der Waals surface area (Å²) in [5.74, 6) is -0.271. The molecule has 3 N–H and O–H groups in total. The van der Waals surface area contributed by atoms with E-state index in [1.165, 1.54) is 24.9 Å². The predicted octanol–water partition coefficient (Wildman–Crippen LogP) is 1.96. The number of primary amides is 1. The van der Waals surface area contributed by atoms with Crippen molar-refractivity contribution in [3.63, 3.8) is 0 Å². The Hall–Kier alpha value is -1.71. The lowest BCUT2D eigenvalue weighted by Gasteiger charge is -2.28. The van der Waals surface area contributed by atoms with Crippen LogP contribution in [-0.4, -0.2) is 25.5 Å². The molecular weight excluding hydrogens is 226 g/mol. The van der Waals surface area contributed by atoms with Gasteiger partial charge in [-0.15, -0.1) is 0 Å². The summed E-state index contributed by atoms with van der Waals surface area (Å²) in [4.78, 5) is 13.1. The first-order chi connectivity index (χ1) is 8.75. The van der Waals surface area contributed by atoms with Gasteiger partial charge in [-0.1, -0.05) is 0 Å². The lowest BCUT2D eigenvalue weighted by atomic mass is 10.1. The number of hydrogen-bond donors (Lipinski definition) is 2. The van der Waals surface area contributed by atoms with Crippen LogP contribution in [0.1, 0.15) is 25.7 Å². The molecule has 1 aliphatic heterocycles. The second kappa shape index (κ2) is 6.28. The number of piperidine rings is 1. The highest BCUT2D eigenvalue weighted by Crippen LogP contribution is 2.21. The molecule has 0 aliphatic carbocycles. The molecule has 1 fully saturated rings. The molecule has 98 valence electrons. The van der Waals surface area contributed by atoms with Gasteiger partial charge in [-0.05, 0) is 43.5 Å². The minimum atomic E-state index is -0.271. The van der Waals surface area contributed by atoms with Crippen LogP contribution in [0.15, 0.2) is 24.3 Å². The zero-order chi connectivity index (χ0) is 12.8. The Morgan fingerprint density at radius 2 is 1.83 bits per heavy atom. The van der Waals surface area contributed by atoms with Crippen LogP contribution in [-0.2, 0) is 4.79 Å². The summed E-state index contributed by atoms with van der Waals surface area (Å²) in [5, 5.41) is 3.19. The van der Waals surface area contributed by atoms with Crippen molar-refractivity contribution in [2.75, 3.05) is 29.9 Å². The molecule has 1 heterocycles. The number of benzene rings is 1. The largest absolute Gasteiger partial charge is 0.385 e. The van der Waals surface area contributed by atoms with Crippen molar-refractivity contribution in [3.8, 4) is 0 Å². The summed E-state index contributed by atoms with van der Waals surface area (Å²) in [6.45, 7) is 2.92. The second-order valence-corrected chi connectivity index (χ2v) is 4.74. The van der Waals surface area contributed by atoms with Gasteiger partial charge in [-0.25, -0.2) is 0 Å². The highest BCUT2D eigenvalue weighted by Gasteiger charge is 2.10. The van der Waals surface area contributed by atoms with E-state index < -0.39 is 0 Å². The number of carbonyl (C=O) groups excluding carboxylic acids is 1. The van der Waals surface area contributed by atoms with Gasteiger partial charge in [0.05, 0.1) is 0 Å². The number of rotatable bonds is 5. The third kappa shape index (κ3) is 3.65. The number of nitrogens with zero attached hydrogens (tertiary/aromatic N) is 1. The number of amides is 1. The molecule has 1 aliphatic rings. The minimum Gasteiger partial charge on any atom is -0.385 e. The first kappa shape index (κ1) is 12.7. The van der Waals surface area contributed by atoms with Crippen LogP contribution in [0.3, 0.4) is 0 Å². The van der Waals surface area contributed by atoms with Crippen molar-refractivity contribution in [1.29, 1.82) is 0 Å². The SMILES string of the molecule is NC(=O)CCNc1ccc(N2CCCCC2)cc1. The summed E-state index contributed by atoms with van der Waals surface area (Å²) in [5.41, 5.74) is 7.42. The fourth-order valence-electron chi connectivity index (χ4n) is 2.27. The van der Waals surface area contributed by atoms with Gasteiger partial charge in [0, 0.05) is 37.4 Å². The maximum Gasteiger partial charge on any atom is 0.219 e. The molecule has 0 radical (unpaired) electrons. The summed E-state index contributed by atoms with van der Waals surface area (Å²) in [7, 11) is 0. The number of hydrogen-bond acceptors (Lipinski definition) is 3. The highest BCUT2D eigenvalue weighted by atomic mass is 16.1. The standard InChI is InChI=1S/C14H21N3O/c15-14(18)8-9-16-12-4-6-13(7-5-12)17-10-2-1-3-11-17/h4-7,16H,1-3,8-11H2,(H2,15,18). The summed E-state index contributed by atoms with van der Waals surface area (Å²) in [6, 6.07) is 8.39. The van der Waals surface area contributed by atoms with E-state index in [-0.39, 0.29) is 5.91 Å². The zero-order valence-electron chi connectivity index (χ0n) is 10.7. The Kier molecular flexibility index (Phi) is 4.45. The lowest BCUT2D eigenvalue weighted by molar-refractivity contribution is -0.117. The van der Waals surface area contributed by atoms with E-state index in [4.69, 9.17) is 5.73 Å². The average molecular weight is 247 g/mol. The van der Waals surface area contributed by atoms with E-state index in [1.807, 2.05) is 0 Å². The van der Waals surface area contributed by atoms with Crippen molar-refractivity contribution in [3.05, 3.63) is 24.3 Å². The Morgan fingerprint density at radius 1 is 1.17 bits per heavy atom. The van der Waals surface area contributed by atoms with Gasteiger partial charge in [0.25, 0.3) is 0 Å². The third-order valence-electron chi connectivity index (χ3n) is 3.29. The van der Waals surface area contributed by atoms with E-state index in [9.17, 15) is 4.79 Å². The molecule has 0 aromatic heterocycles. The van der Waals surface area contributed by atoms with Gasteiger partial charge in [0.15, 0.2) is 0 Å². The number of carbonyl (C=O) groups is 1. The molecule has 2 rings (SSSR count). The number of nitrogens with two attached hydrogens (primary N) is 1. The average Bonchev–Trinajstić information content (AvgIpc) is 2.40. The minimum absolute atomic E-state index is 0.271. The van der Waals surface area contributed by atoms with E-state index >= 15 is 0 Å². The fourth-order valence-corrected chi connectivity index (χ4v) is 2.27. The van der Waals surface area contributed by atoms with Crippen molar-refractivity contribution < 1.29 is 4.79 Å². The summed E-state index contributed by atoms with van der Waals surface area (Å²) in [6.07, 6.45) is 4.30. The topological polar surface area (TPSA) is 58.4 Å². The van der Waals surface area contributed by atoms with E-state index in [0.717, 1.165) is 18.8 Å². The predicted molar refractivity (Wildman–Crippen MR) is 74.8 cm³/mol. The smallest absolute Gasteiger partial charge is 0.219 e. The maximum absolute atomic E-state index is 10.6. The molecule has 0 bridgehead atoms. The van der Waals surface area contributed by atoms with Crippen LogP contribution < -0.4 is 16.0 Å². The summed E-state index contributed by atoms with van der Waals surface area (Å²) >= 11 is 0. The fraction of sp³-hybridized carbons (Fsp3) is 0.500. The highest BCUT2D eigenvalue weighted by molar-refractivity contribution is 5.74. The molecule has 0 unspecified atom stereocenters. The lowest BCUT2D eigenvalue weighted by Crippen LogP contribution is -2.29. The maximum atomic E-state index is 10.6. The van der Waals surface area contributed by atoms with Crippen molar-refractivity contribution >= 4 is 17.3 Å². The second-order valence-electron chi connectivity index (χ2n) is 4.74. The molecule has 1 saturated heterocycles. The quantitative estimate of drug-likeness (QED) is 0.836. The van der Waals surface area contributed by atoms with Gasteiger partial charge in [-0.3, -0.25) is 4.79 Å². The first-order valence-electron chi connectivity index (χ1n) is 6.63. The molecule has 1 aromatic rings. The summed E-state index contributed by atoms with van der Waals surface area (Å²) < 4.78 is 0. The van der Waals surface area contributed by atoms with Crippen LogP contribution in [0.4, 0.5) is 11.4 Å².